The van der Waals surface area contributed by atoms with Crippen LogP contribution in [-0.4, -0.2) is 11.8 Å². The van der Waals surface area contributed by atoms with Crippen LogP contribution in [0.25, 0.3) is 0 Å². The summed E-state index contributed by atoms with van der Waals surface area (Å²) in [6, 6.07) is 0. The lowest BCUT2D eigenvalue weighted by atomic mass is 9.55. The SMILES string of the molecule is C=C(CC1CC(=O)NC1=O)CC(C)(C)C(C)(C)CC(C)(C)C(C)(C)C. The molecule has 0 spiro atoms. The Labute approximate surface area is 155 Å². The Hall–Kier alpha value is -1.12. The number of allylic oxidation sites excluding steroid dienone is 1. The first-order valence-corrected chi connectivity index (χ1v) is 9.49. The van der Waals surface area contributed by atoms with Crippen LogP contribution in [0.2, 0.25) is 0 Å². The predicted octanol–water partition coefficient (Wildman–Crippen LogP) is 5.50. The summed E-state index contributed by atoms with van der Waals surface area (Å²) in [5.74, 6) is -0.531. The molecule has 0 aromatic rings. The molecule has 25 heavy (non-hydrogen) atoms. The van der Waals surface area contributed by atoms with Crippen LogP contribution in [0.3, 0.4) is 0 Å². The van der Waals surface area contributed by atoms with Crippen LogP contribution in [0.5, 0.6) is 0 Å². The average Bonchev–Trinajstić information content (AvgIpc) is 2.63. The molecule has 1 fully saturated rings. The second-order valence-corrected chi connectivity index (χ2v) is 11.0. The highest BCUT2D eigenvalue weighted by molar-refractivity contribution is 6.03. The molecule has 1 heterocycles. The van der Waals surface area contributed by atoms with E-state index in [4.69, 9.17) is 0 Å². The van der Waals surface area contributed by atoms with Gasteiger partial charge in [0.2, 0.25) is 11.8 Å². The van der Waals surface area contributed by atoms with Gasteiger partial charge in [0, 0.05) is 6.42 Å². The van der Waals surface area contributed by atoms with Gasteiger partial charge in [-0.3, -0.25) is 14.9 Å². The van der Waals surface area contributed by atoms with E-state index in [0.717, 1.165) is 18.4 Å². The lowest BCUT2D eigenvalue weighted by Crippen LogP contribution is -2.41. The molecule has 0 bridgehead atoms. The normalized spacial score (nSPS) is 20.0. The average molecular weight is 350 g/mol. The van der Waals surface area contributed by atoms with Gasteiger partial charge in [0.05, 0.1) is 5.92 Å². The van der Waals surface area contributed by atoms with E-state index in [1.54, 1.807) is 0 Å². The predicted molar refractivity (Wildman–Crippen MR) is 105 cm³/mol. The molecule has 2 amide bonds. The zero-order valence-electron chi connectivity index (χ0n) is 17.9. The number of carbonyl (C=O) groups excluding carboxylic acids is 2. The topological polar surface area (TPSA) is 46.2 Å². The maximum absolute atomic E-state index is 11.8. The van der Waals surface area contributed by atoms with Crippen molar-refractivity contribution in [2.75, 3.05) is 0 Å². The van der Waals surface area contributed by atoms with Crippen LogP contribution in [0, 0.1) is 27.6 Å². The van der Waals surface area contributed by atoms with Crippen LogP contribution in [-0.2, 0) is 9.59 Å². The molecule has 1 atom stereocenters. The first-order chi connectivity index (χ1) is 11.0. The fourth-order valence-electron chi connectivity index (χ4n) is 3.67. The summed E-state index contributed by atoms with van der Waals surface area (Å²) in [7, 11) is 0. The molecule has 1 rings (SSSR count). The molecule has 1 N–H and O–H groups in total. The fourth-order valence-corrected chi connectivity index (χ4v) is 3.67. The summed E-state index contributed by atoms with van der Waals surface area (Å²) >= 11 is 0. The van der Waals surface area contributed by atoms with Crippen molar-refractivity contribution in [1.29, 1.82) is 0 Å². The number of hydrogen-bond donors (Lipinski definition) is 1. The summed E-state index contributed by atoms with van der Waals surface area (Å²) in [6.45, 7) is 25.2. The van der Waals surface area contributed by atoms with Crippen molar-refractivity contribution in [1.82, 2.24) is 5.32 Å². The van der Waals surface area contributed by atoms with E-state index < -0.39 is 0 Å². The van der Waals surface area contributed by atoms with Crippen molar-refractivity contribution in [3.8, 4) is 0 Å². The summed E-state index contributed by atoms with van der Waals surface area (Å²) in [4.78, 5) is 23.2. The Bertz CT molecular complexity index is 547. The Morgan fingerprint density at radius 1 is 0.960 bits per heavy atom. The molecule has 1 aliphatic rings. The summed E-state index contributed by atoms with van der Waals surface area (Å²) in [5.41, 5.74) is 1.71. The number of amides is 2. The van der Waals surface area contributed by atoms with Gasteiger partial charge >= 0.3 is 0 Å². The van der Waals surface area contributed by atoms with E-state index in [-0.39, 0.29) is 39.4 Å². The molecule has 0 radical (unpaired) electrons. The summed E-state index contributed by atoms with van der Waals surface area (Å²) < 4.78 is 0. The second kappa shape index (κ2) is 6.89. The van der Waals surface area contributed by atoms with Crippen molar-refractivity contribution < 1.29 is 9.59 Å². The van der Waals surface area contributed by atoms with E-state index in [1.165, 1.54) is 0 Å². The minimum absolute atomic E-state index is 0.0612. The van der Waals surface area contributed by atoms with Gasteiger partial charge in [-0.15, -0.1) is 0 Å². The van der Waals surface area contributed by atoms with E-state index >= 15 is 0 Å². The van der Waals surface area contributed by atoms with Gasteiger partial charge in [0.25, 0.3) is 0 Å². The Morgan fingerprint density at radius 2 is 1.48 bits per heavy atom. The molecule has 0 saturated carbocycles. The number of rotatable bonds is 7. The number of nitrogens with one attached hydrogen (secondary N) is 1. The maximum atomic E-state index is 11.8. The number of hydrogen-bond acceptors (Lipinski definition) is 2. The van der Waals surface area contributed by atoms with E-state index in [9.17, 15) is 9.59 Å². The third-order valence-corrected chi connectivity index (χ3v) is 7.04. The highest BCUT2D eigenvalue weighted by Gasteiger charge is 2.44. The van der Waals surface area contributed by atoms with Crippen LogP contribution in [0.15, 0.2) is 12.2 Å². The first kappa shape index (κ1) is 21.9. The highest BCUT2D eigenvalue weighted by atomic mass is 16.2. The molecule has 3 nitrogen and oxygen atoms in total. The molecule has 0 aromatic heterocycles. The van der Waals surface area contributed by atoms with Gasteiger partial charge in [-0.05, 0) is 40.9 Å². The molecule has 3 heteroatoms. The Morgan fingerprint density at radius 3 is 1.88 bits per heavy atom. The zero-order valence-corrected chi connectivity index (χ0v) is 17.9. The van der Waals surface area contributed by atoms with Crippen LogP contribution in [0.4, 0.5) is 0 Å². The molecular formula is C22H39NO2. The third-order valence-electron chi connectivity index (χ3n) is 7.04. The lowest BCUT2D eigenvalue weighted by molar-refractivity contribution is -0.125. The summed E-state index contributed by atoms with van der Waals surface area (Å²) in [6.07, 6.45) is 2.91. The number of carbonyl (C=O) groups is 2. The van der Waals surface area contributed by atoms with Gasteiger partial charge in [-0.2, -0.15) is 0 Å². The molecule has 144 valence electrons. The molecule has 0 aliphatic carbocycles. The highest BCUT2D eigenvalue weighted by Crippen LogP contribution is 2.54. The van der Waals surface area contributed by atoms with E-state index in [1.807, 2.05) is 0 Å². The Kier molecular flexibility index (Phi) is 6.04. The van der Waals surface area contributed by atoms with E-state index in [2.05, 4.69) is 74.2 Å². The lowest BCUT2D eigenvalue weighted by Gasteiger charge is -2.50. The minimum atomic E-state index is -0.232. The van der Waals surface area contributed by atoms with Crippen molar-refractivity contribution in [2.45, 2.75) is 88.0 Å². The van der Waals surface area contributed by atoms with Gasteiger partial charge in [0.15, 0.2) is 0 Å². The quantitative estimate of drug-likeness (QED) is 0.487. The van der Waals surface area contributed by atoms with Gasteiger partial charge < -0.3 is 0 Å². The van der Waals surface area contributed by atoms with Gasteiger partial charge in [0.1, 0.15) is 0 Å². The third kappa shape index (κ3) is 5.18. The van der Waals surface area contributed by atoms with E-state index in [0.29, 0.717) is 12.8 Å². The van der Waals surface area contributed by atoms with Crippen molar-refractivity contribution >= 4 is 11.8 Å². The number of imide groups is 1. The molecule has 1 aliphatic heterocycles. The summed E-state index contributed by atoms with van der Waals surface area (Å²) in [5, 5.41) is 2.39. The standard InChI is InChI=1S/C22H39NO2/c1-15(11-16-12-17(24)23-18(16)25)13-20(5,6)22(9,10)14-21(7,8)19(2,3)4/h16H,1,11-14H2,2-10H3,(H,23,24,25). The smallest absolute Gasteiger partial charge is 0.230 e. The fraction of sp³-hybridized carbons (Fsp3) is 0.818. The first-order valence-electron chi connectivity index (χ1n) is 9.49. The van der Waals surface area contributed by atoms with Gasteiger partial charge in [-0.1, -0.05) is 74.5 Å². The maximum Gasteiger partial charge on any atom is 0.230 e. The van der Waals surface area contributed by atoms with Crippen molar-refractivity contribution in [3.05, 3.63) is 12.2 Å². The van der Waals surface area contributed by atoms with Crippen LogP contribution >= 0.6 is 0 Å². The van der Waals surface area contributed by atoms with Crippen molar-refractivity contribution in [2.24, 2.45) is 27.6 Å². The van der Waals surface area contributed by atoms with Crippen LogP contribution in [0.1, 0.15) is 88.0 Å². The van der Waals surface area contributed by atoms with Crippen LogP contribution < -0.4 is 5.32 Å². The molecule has 0 aromatic carbocycles. The molecule has 1 unspecified atom stereocenters. The van der Waals surface area contributed by atoms with Crippen molar-refractivity contribution in [3.63, 3.8) is 0 Å². The zero-order chi connectivity index (χ0) is 19.8. The molecule has 1 saturated heterocycles. The molecular weight excluding hydrogens is 310 g/mol. The Balaban J connectivity index is 2.79. The monoisotopic (exact) mass is 349 g/mol. The minimum Gasteiger partial charge on any atom is -0.296 e. The second-order valence-electron chi connectivity index (χ2n) is 11.0. The van der Waals surface area contributed by atoms with Gasteiger partial charge in [-0.25, -0.2) is 0 Å². The largest absolute Gasteiger partial charge is 0.296 e.